The zero-order valence-corrected chi connectivity index (χ0v) is 19.3. The Kier molecular flexibility index (Phi) is 7.05. The molecule has 0 bridgehead atoms. The summed E-state index contributed by atoms with van der Waals surface area (Å²) in [7, 11) is -4.73. The van der Waals surface area contributed by atoms with E-state index in [2.05, 4.69) is 4.52 Å². The van der Waals surface area contributed by atoms with Crippen LogP contribution >= 0.6 is 7.82 Å². The van der Waals surface area contributed by atoms with E-state index >= 15 is 0 Å². The molecule has 3 aromatic carbocycles. The maximum absolute atomic E-state index is 13.1. The second-order valence-corrected chi connectivity index (χ2v) is 9.50. The standard InChI is InChI=1S/C24H23FNO8P/c25-16-2-4-17(5-3-16)33-18-6-8-20-22(12-18)34-21-11-15(1-7-19(21)23(20)28)9-10-24(26,13-27)14-32-35(29,30)31/h1-8,11-12,27H,9-10,13-14,26H2,(H2,29,30,31). The molecule has 1 unspecified atom stereocenters. The van der Waals surface area contributed by atoms with Crippen LogP contribution in [0, 0.1) is 5.82 Å². The smallest absolute Gasteiger partial charge is 0.457 e. The molecule has 0 saturated carbocycles. The summed E-state index contributed by atoms with van der Waals surface area (Å²) in [6, 6.07) is 15.3. The van der Waals surface area contributed by atoms with Gasteiger partial charge >= 0.3 is 7.82 Å². The predicted molar refractivity (Wildman–Crippen MR) is 127 cm³/mol. The van der Waals surface area contributed by atoms with Gasteiger partial charge in [0, 0.05) is 6.07 Å². The first-order valence-electron chi connectivity index (χ1n) is 10.6. The highest BCUT2D eigenvalue weighted by atomic mass is 31.2. The van der Waals surface area contributed by atoms with Crippen LogP contribution in [-0.4, -0.2) is 33.6 Å². The van der Waals surface area contributed by atoms with E-state index in [0.29, 0.717) is 39.9 Å². The maximum Gasteiger partial charge on any atom is 0.469 e. The van der Waals surface area contributed by atoms with Crippen molar-refractivity contribution in [3.63, 3.8) is 0 Å². The fourth-order valence-corrected chi connectivity index (χ4v) is 3.96. The van der Waals surface area contributed by atoms with Crippen molar-refractivity contribution in [3.05, 3.63) is 82.3 Å². The predicted octanol–water partition coefficient (Wildman–Crippen LogP) is 3.61. The Labute approximate surface area is 198 Å². The fraction of sp³-hybridized carbons (Fsp3) is 0.208. The molecule has 1 aromatic heterocycles. The number of aryl methyl sites for hydroxylation is 1. The summed E-state index contributed by atoms with van der Waals surface area (Å²) in [6.45, 7) is -1.07. The number of benzene rings is 3. The number of aliphatic hydroxyl groups is 1. The van der Waals surface area contributed by atoms with Gasteiger partial charge in [-0.2, -0.15) is 0 Å². The Morgan fingerprint density at radius 2 is 1.60 bits per heavy atom. The number of nitrogens with two attached hydrogens (primary N) is 1. The molecule has 0 amide bonds. The molecular formula is C24H23FNO8P. The molecule has 11 heteroatoms. The average Bonchev–Trinajstić information content (AvgIpc) is 2.82. The SMILES string of the molecule is NC(CO)(CCc1ccc2c(=O)c3ccc(Oc4ccc(F)cc4)cc3oc2c1)COP(=O)(O)O. The van der Waals surface area contributed by atoms with E-state index < -0.39 is 26.6 Å². The summed E-state index contributed by atoms with van der Waals surface area (Å²) < 4.78 is 40.2. The van der Waals surface area contributed by atoms with Gasteiger partial charge in [-0.05, 0) is 66.9 Å². The van der Waals surface area contributed by atoms with Crippen LogP contribution in [0.2, 0.25) is 0 Å². The average molecular weight is 503 g/mol. The minimum absolute atomic E-state index is 0.155. The van der Waals surface area contributed by atoms with Crippen LogP contribution in [0.25, 0.3) is 21.9 Å². The molecule has 0 aliphatic rings. The van der Waals surface area contributed by atoms with Crippen molar-refractivity contribution in [3.8, 4) is 11.5 Å². The van der Waals surface area contributed by atoms with Crippen molar-refractivity contribution in [2.24, 2.45) is 5.73 Å². The summed E-state index contributed by atoms with van der Waals surface area (Å²) >= 11 is 0. The Balaban J connectivity index is 1.59. The molecule has 0 radical (unpaired) electrons. The molecule has 0 aliphatic heterocycles. The van der Waals surface area contributed by atoms with E-state index in [1.165, 1.54) is 24.3 Å². The van der Waals surface area contributed by atoms with Crippen molar-refractivity contribution >= 4 is 29.8 Å². The van der Waals surface area contributed by atoms with E-state index in [4.69, 9.17) is 24.7 Å². The van der Waals surface area contributed by atoms with Gasteiger partial charge in [-0.25, -0.2) is 8.96 Å². The third kappa shape index (κ3) is 6.12. The lowest BCUT2D eigenvalue weighted by Gasteiger charge is -2.27. The van der Waals surface area contributed by atoms with Crippen LogP contribution in [0.1, 0.15) is 12.0 Å². The van der Waals surface area contributed by atoms with Crippen LogP contribution < -0.4 is 15.9 Å². The van der Waals surface area contributed by atoms with Gasteiger partial charge in [-0.1, -0.05) is 6.07 Å². The first-order valence-corrected chi connectivity index (χ1v) is 12.1. The van der Waals surface area contributed by atoms with Crippen molar-refractivity contribution in [2.45, 2.75) is 18.4 Å². The van der Waals surface area contributed by atoms with Gasteiger partial charge in [0.05, 0.1) is 29.5 Å². The largest absolute Gasteiger partial charge is 0.469 e. The number of phosphoric acid groups is 1. The highest BCUT2D eigenvalue weighted by Crippen LogP contribution is 2.37. The van der Waals surface area contributed by atoms with Crippen molar-refractivity contribution in [1.29, 1.82) is 0 Å². The van der Waals surface area contributed by atoms with Crippen molar-refractivity contribution in [2.75, 3.05) is 13.2 Å². The molecule has 0 aliphatic carbocycles. The number of phosphoric ester groups is 1. The summed E-state index contributed by atoms with van der Waals surface area (Å²) in [4.78, 5) is 30.7. The van der Waals surface area contributed by atoms with Crippen molar-refractivity contribution < 1.29 is 37.5 Å². The molecule has 0 fully saturated rings. The van der Waals surface area contributed by atoms with Crippen molar-refractivity contribution in [1.82, 2.24) is 0 Å². The Bertz CT molecular complexity index is 1470. The van der Waals surface area contributed by atoms with E-state index in [9.17, 15) is 18.9 Å². The van der Waals surface area contributed by atoms with Gasteiger partial charge in [0.25, 0.3) is 0 Å². The van der Waals surface area contributed by atoms with E-state index in [0.717, 1.165) is 5.56 Å². The quantitative estimate of drug-likeness (QED) is 0.198. The fourth-order valence-electron chi connectivity index (χ4n) is 3.54. The number of aliphatic hydroxyl groups excluding tert-OH is 1. The highest BCUT2D eigenvalue weighted by Gasteiger charge is 2.28. The first-order chi connectivity index (χ1) is 16.5. The molecule has 1 heterocycles. The number of rotatable bonds is 9. The van der Waals surface area contributed by atoms with E-state index in [-0.39, 0.29) is 17.7 Å². The third-order valence-electron chi connectivity index (χ3n) is 5.50. The zero-order chi connectivity index (χ0) is 25.2. The molecular weight excluding hydrogens is 480 g/mol. The Morgan fingerprint density at radius 3 is 2.26 bits per heavy atom. The normalized spacial score (nSPS) is 13.7. The van der Waals surface area contributed by atoms with Gasteiger partial charge in [0.15, 0.2) is 0 Å². The topological polar surface area (TPSA) is 152 Å². The van der Waals surface area contributed by atoms with Gasteiger partial charge in [0.2, 0.25) is 5.43 Å². The second kappa shape index (κ2) is 9.87. The van der Waals surface area contributed by atoms with Gasteiger partial charge in [-0.15, -0.1) is 0 Å². The summed E-state index contributed by atoms with van der Waals surface area (Å²) in [6.07, 6.45) is 0.482. The minimum atomic E-state index is -4.73. The van der Waals surface area contributed by atoms with Crippen LogP contribution in [-0.2, 0) is 15.5 Å². The molecule has 1 atom stereocenters. The molecule has 184 valence electrons. The molecule has 9 nitrogen and oxygen atoms in total. The molecule has 0 saturated heterocycles. The summed E-state index contributed by atoms with van der Waals surface area (Å²) in [5.74, 6) is 0.445. The van der Waals surface area contributed by atoms with Crippen LogP contribution in [0.4, 0.5) is 4.39 Å². The second-order valence-electron chi connectivity index (χ2n) is 8.26. The zero-order valence-electron chi connectivity index (χ0n) is 18.4. The van der Waals surface area contributed by atoms with Crippen LogP contribution in [0.15, 0.2) is 69.9 Å². The van der Waals surface area contributed by atoms with E-state index in [1.54, 1.807) is 36.4 Å². The highest BCUT2D eigenvalue weighted by molar-refractivity contribution is 7.46. The third-order valence-corrected chi connectivity index (χ3v) is 5.97. The minimum Gasteiger partial charge on any atom is -0.457 e. The molecule has 4 rings (SSSR count). The van der Waals surface area contributed by atoms with Crippen LogP contribution in [0.3, 0.4) is 0 Å². The van der Waals surface area contributed by atoms with Crippen LogP contribution in [0.5, 0.6) is 11.5 Å². The summed E-state index contributed by atoms with van der Waals surface area (Å²) in [5.41, 5.74) is 5.80. The number of halogens is 1. The molecule has 0 spiro atoms. The number of hydrogen-bond acceptors (Lipinski definition) is 7. The van der Waals surface area contributed by atoms with Gasteiger partial charge in [0.1, 0.15) is 28.5 Å². The lowest BCUT2D eigenvalue weighted by Crippen LogP contribution is -2.48. The number of hydrogen-bond donors (Lipinski definition) is 4. The lowest BCUT2D eigenvalue weighted by molar-refractivity contribution is 0.102. The molecule has 5 N–H and O–H groups in total. The monoisotopic (exact) mass is 503 g/mol. The first kappa shape index (κ1) is 25.0. The Morgan fingerprint density at radius 1 is 0.971 bits per heavy atom. The maximum atomic E-state index is 13.1. The molecule has 35 heavy (non-hydrogen) atoms. The lowest BCUT2D eigenvalue weighted by atomic mass is 9.93. The van der Waals surface area contributed by atoms with Gasteiger partial charge in [-0.3, -0.25) is 9.32 Å². The molecule has 4 aromatic rings. The number of ether oxygens (including phenoxy) is 1. The summed E-state index contributed by atoms with van der Waals surface area (Å²) in [5, 5.41) is 10.3. The Hall–Kier alpha value is -3.11. The van der Waals surface area contributed by atoms with E-state index in [1.807, 2.05) is 0 Å². The van der Waals surface area contributed by atoms with Gasteiger partial charge < -0.3 is 29.8 Å². The number of fused-ring (bicyclic) bond motifs is 2.